The number of hydrogen-bond donors (Lipinski definition) is 2. The van der Waals surface area contributed by atoms with E-state index in [9.17, 15) is 9.59 Å². The van der Waals surface area contributed by atoms with Gasteiger partial charge in [-0.05, 0) is 31.0 Å². The van der Waals surface area contributed by atoms with Crippen LogP contribution in [-0.4, -0.2) is 15.6 Å². The van der Waals surface area contributed by atoms with Gasteiger partial charge in [0.15, 0.2) is 0 Å². The highest BCUT2D eigenvalue weighted by Gasteiger charge is 2.07. The predicted octanol–water partition coefficient (Wildman–Crippen LogP) is 2.49. The summed E-state index contributed by atoms with van der Waals surface area (Å²) in [6.07, 6.45) is 2.96. The molecule has 2 aromatic rings. The second-order valence-electron chi connectivity index (χ2n) is 4.59. The molecule has 3 N–H and O–H groups in total. The lowest BCUT2D eigenvalue weighted by molar-refractivity contribution is -0.137. The third-order valence-corrected chi connectivity index (χ3v) is 3.52. The summed E-state index contributed by atoms with van der Waals surface area (Å²) in [4.78, 5) is 22.7. The van der Waals surface area contributed by atoms with Gasteiger partial charge < -0.3 is 15.4 Å². The molecule has 1 aromatic heterocycles. The first-order valence-electron chi connectivity index (χ1n) is 6.29. The Hall–Kier alpha value is -2.01. The number of rotatable bonds is 5. The van der Waals surface area contributed by atoms with E-state index in [0.29, 0.717) is 40.9 Å². The van der Waals surface area contributed by atoms with E-state index in [4.69, 9.17) is 22.4 Å². The Morgan fingerprint density at radius 3 is 2.70 bits per heavy atom. The van der Waals surface area contributed by atoms with Crippen LogP contribution in [0.2, 0.25) is 5.02 Å². The third kappa shape index (κ3) is 2.93. The molecule has 0 saturated heterocycles. The van der Waals surface area contributed by atoms with Crippen molar-refractivity contribution in [1.29, 1.82) is 0 Å². The largest absolute Gasteiger partial charge is 0.481 e. The van der Waals surface area contributed by atoms with E-state index in [-0.39, 0.29) is 12.0 Å². The van der Waals surface area contributed by atoms with E-state index >= 15 is 0 Å². The standard InChI is InChI=1S/C14H15ClN2O3/c15-11-5-4-10-9(13(11)16)6-8-17(14(10)20)7-2-1-3-12(18)19/h4-6,8H,1-3,7,16H2,(H,18,19). The first-order chi connectivity index (χ1) is 9.50. The average molecular weight is 295 g/mol. The van der Waals surface area contributed by atoms with Crippen LogP contribution in [0.4, 0.5) is 5.69 Å². The van der Waals surface area contributed by atoms with Gasteiger partial charge in [-0.25, -0.2) is 0 Å². The minimum absolute atomic E-state index is 0.116. The van der Waals surface area contributed by atoms with Gasteiger partial charge >= 0.3 is 5.97 Å². The van der Waals surface area contributed by atoms with Gasteiger partial charge in [-0.2, -0.15) is 0 Å². The van der Waals surface area contributed by atoms with Crippen LogP contribution < -0.4 is 11.3 Å². The van der Waals surface area contributed by atoms with Gasteiger partial charge in [0, 0.05) is 29.9 Å². The van der Waals surface area contributed by atoms with Crippen molar-refractivity contribution in [2.24, 2.45) is 0 Å². The Morgan fingerprint density at radius 2 is 2.00 bits per heavy atom. The maximum atomic E-state index is 12.3. The molecule has 0 atom stereocenters. The molecule has 0 amide bonds. The summed E-state index contributed by atoms with van der Waals surface area (Å²) < 4.78 is 1.57. The zero-order valence-electron chi connectivity index (χ0n) is 10.8. The zero-order valence-corrected chi connectivity index (χ0v) is 11.6. The molecule has 0 fully saturated rings. The van der Waals surface area contributed by atoms with Crippen LogP contribution in [0.1, 0.15) is 19.3 Å². The second-order valence-corrected chi connectivity index (χ2v) is 4.99. The lowest BCUT2D eigenvalue weighted by Gasteiger charge is -2.09. The fraction of sp³-hybridized carbons (Fsp3) is 0.286. The molecule has 1 heterocycles. The number of aryl methyl sites for hydroxylation is 1. The van der Waals surface area contributed by atoms with Crippen molar-refractivity contribution in [2.75, 3.05) is 5.73 Å². The SMILES string of the molecule is Nc1c(Cl)ccc2c(=O)n(CCCCC(=O)O)ccc12. The highest BCUT2D eigenvalue weighted by Crippen LogP contribution is 2.26. The number of halogens is 1. The molecule has 0 radical (unpaired) electrons. The minimum atomic E-state index is -0.821. The monoisotopic (exact) mass is 294 g/mol. The van der Waals surface area contributed by atoms with Crippen LogP contribution in [-0.2, 0) is 11.3 Å². The van der Waals surface area contributed by atoms with Crippen LogP contribution in [0.25, 0.3) is 10.8 Å². The first-order valence-corrected chi connectivity index (χ1v) is 6.67. The van der Waals surface area contributed by atoms with Gasteiger partial charge in [0.25, 0.3) is 5.56 Å². The van der Waals surface area contributed by atoms with E-state index < -0.39 is 5.97 Å². The Bertz CT molecular complexity index is 709. The summed E-state index contributed by atoms with van der Waals surface area (Å²) in [5.74, 6) is -0.821. The quantitative estimate of drug-likeness (QED) is 0.655. The number of aromatic nitrogens is 1. The number of nitrogens with zero attached hydrogens (tertiary/aromatic N) is 1. The van der Waals surface area contributed by atoms with E-state index in [0.717, 1.165) is 0 Å². The predicted molar refractivity (Wildman–Crippen MR) is 79.1 cm³/mol. The number of carboxylic acid groups (broad SMARTS) is 1. The summed E-state index contributed by atoms with van der Waals surface area (Å²) in [6, 6.07) is 5.02. The van der Waals surface area contributed by atoms with Crippen molar-refractivity contribution in [3.05, 3.63) is 39.8 Å². The zero-order chi connectivity index (χ0) is 14.7. The molecule has 0 aliphatic rings. The summed E-state index contributed by atoms with van der Waals surface area (Å²) >= 11 is 5.92. The fourth-order valence-electron chi connectivity index (χ4n) is 2.10. The van der Waals surface area contributed by atoms with Crippen molar-refractivity contribution in [2.45, 2.75) is 25.8 Å². The molecule has 0 spiro atoms. The van der Waals surface area contributed by atoms with Gasteiger partial charge in [0.2, 0.25) is 0 Å². The number of carboxylic acids is 1. The van der Waals surface area contributed by atoms with Gasteiger partial charge in [0.1, 0.15) is 0 Å². The lowest BCUT2D eigenvalue weighted by atomic mass is 10.1. The number of aliphatic carboxylic acids is 1. The molecule has 5 nitrogen and oxygen atoms in total. The highest BCUT2D eigenvalue weighted by molar-refractivity contribution is 6.34. The number of hydrogen-bond acceptors (Lipinski definition) is 3. The Kier molecular flexibility index (Phi) is 4.29. The average Bonchev–Trinajstić information content (AvgIpc) is 2.41. The number of fused-ring (bicyclic) bond motifs is 1. The molecule has 20 heavy (non-hydrogen) atoms. The van der Waals surface area contributed by atoms with Crippen molar-refractivity contribution >= 4 is 34.0 Å². The number of nitrogens with two attached hydrogens (primary N) is 1. The van der Waals surface area contributed by atoms with E-state index in [1.807, 2.05) is 0 Å². The summed E-state index contributed by atoms with van der Waals surface area (Å²) in [5, 5.41) is 10.2. The smallest absolute Gasteiger partial charge is 0.303 e. The summed E-state index contributed by atoms with van der Waals surface area (Å²) in [6.45, 7) is 0.491. The number of anilines is 1. The number of pyridine rings is 1. The Balaban J connectivity index is 2.24. The molecule has 0 aliphatic heterocycles. The maximum absolute atomic E-state index is 12.3. The Morgan fingerprint density at radius 1 is 1.25 bits per heavy atom. The van der Waals surface area contributed by atoms with Crippen LogP contribution in [0.5, 0.6) is 0 Å². The molecule has 0 saturated carbocycles. The highest BCUT2D eigenvalue weighted by atomic mass is 35.5. The second kappa shape index (κ2) is 5.96. The molecule has 6 heteroatoms. The summed E-state index contributed by atoms with van der Waals surface area (Å²) in [5.41, 5.74) is 6.11. The fourth-order valence-corrected chi connectivity index (χ4v) is 2.26. The molecular formula is C14H15ClN2O3. The van der Waals surface area contributed by atoms with Gasteiger partial charge in [0.05, 0.1) is 10.7 Å². The maximum Gasteiger partial charge on any atom is 0.303 e. The van der Waals surface area contributed by atoms with E-state index in [1.54, 1.807) is 29.0 Å². The molecule has 106 valence electrons. The van der Waals surface area contributed by atoms with E-state index in [1.165, 1.54) is 0 Å². The van der Waals surface area contributed by atoms with E-state index in [2.05, 4.69) is 0 Å². The number of nitrogen functional groups attached to an aromatic ring is 1. The number of benzene rings is 1. The van der Waals surface area contributed by atoms with Crippen LogP contribution in [0, 0.1) is 0 Å². The third-order valence-electron chi connectivity index (χ3n) is 3.19. The molecular weight excluding hydrogens is 280 g/mol. The molecule has 0 aliphatic carbocycles. The molecule has 2 rings (SSSR count). The number of carbonyl (C=O) groups is 1. The van der Waals surface area contributed by atoms with Gasteiger partial charge in [-0.3, -0.25) is 9.59 Å². The topological polar surface area (TPSA) is 85.3 Å². The van der Waals surface area contributed by atoms with Crippen LogP contribution in [0.3, 0.4) is 0 Å². The molecule has 0 unspecified atom stereocenters. The van der Waals surface area contributed by atoms with Gasteiger partial charge in [-0.15, -0.1) is 0 Å². The van der Waals surface area contributed by atoms with Crippen molar-refractivity contribution in [1.82, 2.24) is 4.57 Å². The van der Waals surface area contributed by atoms with Crippen LogP contribution in [0.15, 0.2) is 29.2 Å². The first kappa shape index (κ1) is 14.4. The summed E-state index contributed by atoms with van der Waals surface area (Å²) in [7, 11) is 0. The van der Waals surface area contributed by atoms with Crippen molar-refractivity contribution in [3.63, 3.8) is 0 Å². The lowest BCUT2D eigenvalue weighted by Crippen LogP contribution is -2.20. The van der Waals surface area contributed by atoms with Crippen LogP contribution >= 0.6 is 11.6 Å². The van der Waals surface area contributed by atoms with Crippen molar-refractivity contribution in [3.8, 4) is 0 Å². The van der Waals surface area contributed by atoms with Crippen molar-refractivity contribution < 1.29 is 9.90 Å². The minimum Gasteiger partial charge on any atom is -0.481 e. The molecule has 0 bridgehead atoms. The number of unbranched alkanes of at least 4 members (excludes halogenated alkanes) is 1. The van der Waals surface area contributed by atoms with Gasteiger partial charge in [-0.1, -0.05) is 11.6 Å². The molecule has 1 aromatic carbocycles. The normalized spacial score (nSPS) is 10.8. The Labute approximate surface area is 120 Å².